The number of hydrogen-bond donors (Lipinski definition) is 1. The van der Waals surface area contributed by atoms with Crippen molar-refractivity contribution in [3.8, 4) is 22.8 Å². The molecule has 4 aromatic rings. The van der Waals surface area contributed by atoms with Crippen molar-refractivity contribution < 1.29 is 4.74 Å². The summed E-state index contributed by atoms with van der Waals surface area (Å²) >= 11 is 0. The molecule has 5 rings (SSSR count). The highest BCUT2D eigenvalue weighted by molar-refractivity contribution is 5.91. The SMILES string of the molecule is Nc1nncc2c(C3CCCC3)cc(-c3ccc(Oc4ccccc4)cc3)nc12. The van der Waals surface area contributed by atoms with E-state index in [1.165, 1.54) is 31.2 Å². The van der Waals surface area contributed by atoms with Gasteiger partial charge in [-0.1, -0.05) is 31.0 Å². The maximum Gasteiger partial charge on any atom is 0.172 e. The van der Waals surface area contributed by atoms with Crippen LogP contribution in [0.3, 0.4) is 0 Å². The zero-order valence-corrected chi connectivity index (χ0v) is 16.1. The van der Waals surface area contributed by atoms with Gasteiger partial charge in [0.1, 0.15) is 17.0 Å². The van der Waals surface area contributed by atoms with Crippen LogP contribution in [-0.2, 0) is 0 Å². The summed E-state index contributed by atoms with van der Waals surface area (Å²) < 4.78 is 5.90. The molecule has 1 fully saturated rings. The molecule has 0 unspecified atom stereocenters. The Morgan fingerprint density at radius 1 is 0.897 bits per heavy atom. The van der Waals surface area contributed by atoms with Crippen LogP contribution in [0.2, 0.25) is 0 Å². The highest BCUT2D eigenvalue weighted by atomic mass is 16.5. The Balaban J connectivity index is 1.53. The van der Waals surface area contributed by atoms with Crippen molar-refractivity contribution in [1.29, 1.82) is 0 Å². The van der Waals surface area contributed by atoms with Crippen LogP contribution in [0, 0.1) is 0 Å². The van der Waals surface area contributed by atoms with E-state index in [0.29, 0.717) is 11.7 Å². The van der Waals surface area contributed by atoms with Gasteiger partial charge < -0.3 is 10.5 Å². The third-order valence-corrected chi connectivity index (χ3v) is 5.61. The summed E-state index contributed by atoms with van der Waals surface area (Å²) in [4.78, 5) is 4.82. The summed E-state index contributed by atoms with van der Waals surface area (Å²) in [5, 5.41) is 9.11. The first-order valence-electron chi connectivity index (χ1n) is 10.0. The zero-order chi connectivity index (χ0) is 19.6. The van der Waals surface area contributed by atoms with Gasteiger partial charge in [0.2, 0.25) is 0 Å². The number of rotatable bonds is 4. The number of ether oxygens (including phenoxy) is 1. The molecule has 0 spiro atoms. The molecule has 0 atom stereocenters. The van der Waals surface area contributed by atoms with Gasteiger partial charge in [-0.05, 0) is 66.8 Å². The fourth-order valence-electron chi connectivity index (χ4n) is 4.14. The van der Waals surface area contributed by atoms with E-state index in [0.717, 1.165) is 33.7 Å². The van der Waals surface area contributed by atoms with Crippen molar-refractivity contribution in [2.45, 2.75) is 31.6 Å². The number of pyridine rings is 1. The van der Waals surface area contributed by atoms with Crippen LogP contribution in [0.15, 0.2) is 66.9 Å². The first kappa shape index (κ1) is 17.6. The molecule has 5 heteroatoms. The van der Waals surface area contributed by atoms with Crippen LogP contribution >= 0.6 is 0 Å². The average molecular weight is 382 g/mol. The third-order valence-electron chi connectivity index (χ3n) is 5.61. The highest BCUT2D eigenvalue weighted by Crippen LogP contribution is 2.39. The Kier molecular flexibility index (Phi) is 4.56. The van der Waals surface area contributed by atoms with Gasteiger partial charge in [-0.2, -0.15) is 5.10 Å². The number of aromatic nitrogens is 3. The molecule has 0 amide bonds. The summed E-state index contributed by atoms with van der Waals surface area (Å²) in [6.45, 7) is 0. The molecule has 5 nitrogen and oxygen atoms in total. The smallest absolute Gasteiger partial charge is 0.172 e. The van der Waals surface area contributed by atoms with E-state index in [1.807, 2.05) is 54.6 Å². The minimum atomic E-state index is 0.382. The molecule has 2 heterocycles. The largest absolute Gasteiger partial charge is 0.457 e. The molecule has 1 aliphatic rings. The maximum atomic E-state index is 6.12. The van der Waals surface area contributed by atoms with Crippen molar-refractivity contribution in [3.63, 3.8) is 0 Å². The summed E-state index contributed by atoms with van der Waals surface area (Å²) in [5.74, 6) is 2.53. The first-order valence-corrected chi connectivity index (χ1v) is 10.0. The molecule has 29 heavy (non-hydrogen) atoms. The number of fused-ring (bicyclic) bond motifs is 1. The molecule has 0 radical (unpaired) electrons. The van der Waals surface area contributed by atoms with E-state index in [2.05, 4.69) is 16.3 Å². The van der Waals surface area contributed by atoms with Crippen molar-refractivity contribution in [2.75, 3.05) is 5.73 Å². The van der Waals surface area contributed by atoms with Gasteiger partial charge >= 0.3 is 0 Å². The number of benzene rings is 2. The summed E-state index contributed by atoms with van der Waals surface area (Å²) in [6, 6.07) is 20.0. The summed E-state index contributed by atoms with van der Waals surface area (Å²) in [5.41, 5.74) is 10.1. The second-order valence-corrected chi connectivity index (χ2v) is 7.51. The normalized spacial score (nSPS) is 14.3. The van der Waals surface area contributed by atoms with E-state index >= 15 is 0 Å². The monoisotopic (exact) mass is 382 g/mol. The number of nitrogen functional groups attached to an aromatic ring is 1. The van der Waals surface area contributed by atoms with E-state index < -0.39 is 0 Å². The molecule has 0 saturated heterocycles. The quantitative estimate of drug-likeness (QED) is 0.488. The van der Waals surface area contributed by atoms with Crippen LogP contribution < -0.4 is 10.5 Å². The lowest BCUT2D eigenvalue weighted by atomic mass is 9.93. The number of nitrogens with two attached hydrogens (primary N) is 1. The fraction of sp³-hybridized carbons (Fsp3) is 0.208. The highest BCUT2D eigenvalue weighted by Gasteiger charge is 2.22. The molecule has 2 N–H and O–H groups in total. The van der Waals surface area contributed by atoms with Gasteiger partial charge in [-0.15, -0.1) is 5.10 Å². The van der Waals surface area contributed by atoms with Crippen LogP contribution in [0.4, 0.5) is 5.82 Å². The maximum absolute atomic E-state index is 6.12. The molecule has 1 saturated carbocycles. The average Bonchev–Trinajstić information content (AvgIpc) is 3.30. The lowest BCUT2D eigenvalue weighted by Gasteiger charge is -2.15. The van der Waals surface area contributed by atoms with Gasteiger partial charge in [0, 0.05) is 10.9 Å². The molecule has 144 valence electrons. The van der Waals surface area contributed by atoms with Gasteiger partial charge in [0.15, 0.2) is 5.82 Å². The second-order valence-electron chi connectivity index (χ2n) is 7.51. The molecule has 1 aliphatic carbocycles. The molecule has 0 aliphatic heterocycles. The van der Waals surface area contributed by atoms with Gasteiger partial charge in [0.25, 0.3) is 0 Å². The van der Waals surface area contributed by atoms with Crippen molar-refractivity contribution in [3.05, 3.63) is 72.4 Å². The molecular weight excluding hydrogens is 360 g/mol. The number of para-hydroxylation sites is 1. The minimum Gasteiger partial charge on any atom is -0.457 e. The van der Waals surface area contributed by atoms with E-state index in [4.69, 9.17) is 15.5 Å². The summed E-state index contributed by atoms with van der Waals surface area (Å²) in [7, 11) is 0. The van der Waals surface area contributed by atoms with E-state index in [-0.39, 0.29) is 0 Å². The van der Waals surface area contributed by atoms with Crippen molar-refractivity contribution in [2.24, 2.45) is 0 Å². The Morgan fingerprint density at radius 3 is 2.38 bits per heavy atom. The van der Waals surface area contributed by atoms with Crippen molar-refractivity contribution in [1.82, 2.24) is 15.2 Å². The third kappa shape index (κ3) is 3.51. The Bertz CT molecular complexity index is 1140. The lowest BCUT2D eigenvalue weighted by molar-refractivity contribution is 0.483. The van der Waals surface area contributed by atoms with E-state index in [9.17, 15) is 0 Å². The van der Waals surface area contributed by atoms with E-state index in [1.54, 1.807) is 6.20 Å². The van der Waals surface area contributed by atoms with Crippen LogP contribution in [0.25, 0.3) is 22.2 Å². The lowest BCUT2D eigenvalue weighted by Crippen LogP contribution is -2.02. The molecule has 0 bridgehead atoms. The van der Waals surface area contributed by atoms with Gasteiger partial charge in [-0.25, -0.2) is 4.98 Å². The summed E-state index contributed by atoms with van der Waals surface area (Å²) in [6.07, 6.45) is 6.73. The Hall–Kier alpha value is -3.47. The van der Waals surface area contributed by atoms with Crippen LogP contribution in [0.1, 0.15) is 37.2 Å². The predicted octanol–water partition coefficient (Wildman–Crippen LogP) is 5.72. The number of nitrogens with zero attached hydrogens (tertiary/aromatic N) is 3. The van der Waals surface area contributed by atoms with Gasteiger partial charge in [0.05, 0.1) is 11.9 Å². The standard InChI is InChI=1S/C24H22N4O/c25-24-23-21(15-26-28-24)20(16-6-4-5-7-16)14-22(27-23)17-10-12-19(13-11-17)29-18-8-2-1-3-9-18/h1-3,8-16H,4-7H2,(H2,25,28). The second kappa shape index (κ2) is 7.51. The minimum absolute atomic E-state index is 0.382. The van der Waals surface area contributed by atoms with Crippen LogP contribution in [0.5, 0.6) is 11.5 Å². The fourth-order valence-corrected chi connectivity index (χ4v) is 4.14. The van der Waals surface area contributed by atoms with Crippen LogP contribution in [-0.4, -0.2) is 15.2 Å². The number of anilines is 1. The Morgan fingerprint density at radius 2 is 1.62 bits per heavy atom. The van der Waals surface area contributed by atoms with Crippen molar-refractivity contribution >= 4 is 16.7 Å². The zero-order valence-electron chi connectivity index (χ0n) is 16.1. The molecule has 2 aromatic heterocycles. The topological polar surface area (TPSA) is 73.9 Å². The first-order chi connectivity index (χ1) is 14.3. The number of hydrogen-bond acceptors (Lipinski definition) is 5. The Labute approximate surface area is 169 Å². The molecule has 2 aromatic carbocycles. The predicted molar refractivity (Wildman–Crippen MR) is 115 cm³/mol. The van der Waals surface area contributed by atoms with Gasteiger partial charge in [-0.3, -0.25) is 0 Å². The molecular formula is C24H22N4O.